The third kappa shape index (κ3) is 7.79. The Kier molecular flexibility index (Phi) is 8.36. The molecule has 0 aliphatic carbocycles. The summed E-state index contributed by atoms with van der Waals surface area (Å²) in [6, 6.07) is 12.6. The molecule has 0 radical (unpaired) electrons. The minimum atomic E-state index is -4.67. The zero-order valence-electron chi connectivity index (χ0n) is 19.8. The number of rotatable bonds is 8. The lowest BCUT2D eigenvalue weighted by Gasteiger charge is -2.24. The van der Waals surface area contributed by atoms with E-state index in [4.69, 9.17) is 16.3 Å². The Morgan fingerprint density at radius 1 is 1.11 bits per heavy atom. The van der Waals surface area contributed by atoms with Crippen molar-refractivity contribution in [3.63, 3.8) is 0 Å². The van der Waals surface area contributed by atoms with Gasteiger partial charge in [0, 0.05) is 5.02 Å². The van der Waals surface area contributed by atoms with E-state index in [9.17, 15) is 22.8 Å². The number of amides is 1. The SMILES string of the molecule is CC(C)(C)OC(=O)[C@H](Cc1ccccc1)NCC(=O)Nc1cc(Cl)ccc1-n1cc(C(F)(F)F)nn1. The number of hydrogen-bond acceptors (Lipinski definition) is 6. The Bertz CT molecular complexity index is 1210. The molecule has 0 saturated carbocycles. The van der Waals surface area contributed by atoms with Gasteiger partial charge < -0.3 is 10.1 Å². The molecule has 8 nitrogen and oxygen atoms in total. The molecular formula is C24H25ClF3N5O3. The molecule has 0 aliphatic heterocycles. The lowest BCUT2D eigenvalue weighted by molar-refractivity contribution is -0.157. The van der Waals surface area contributed by atoms with Crippen LogP contribution in [-0.2, 0) is 26.9 Å². The van der Waals surface area contributed by atoms with Crippen LogP contribution in [0.1, 0.15) is 32.0 Å². The number of carbonyl (C=O) groups is 2. The Hall–Kier alpha value is -3.44. The van der Waals surface area contributed by atoms with E-state index in [0.29, 0.717) is 6.20 Å². The first-order valence-electron chi connectivity index (χ1n) is 10.9. The fourth-order valence-corrected chi connectivity index (χ4v) is 3.36. The van der Waals surface area contributed by atoms with Gasteiger partial charge in [0.25, 0.3) is 0 Å². The van der Waals surface area contributed by atoms with Crippen LogP contribution in [0.4, 0.5) is 18.9 Å². The maximum Gasteiger partial charge on any atom is 0.436 e. The standard InChI is InChI=1S/C24H25ClF3N5O3/c1-23(2,3)36-22(35)18(11-15-7-5-4-6-8-15)29-13-21(34)30-17-12-16(25)9-10-19(17)33-14-20(31-32-33)24(26,27)28/h4-10,12,14,18,29H,11,13H2,1-3H3,(H,30,34)/t18-/m0/s1. The minimum absolute atomic E-state index is 0.116. The highest BCUT2D eigenvalue weighted by molar-refractivity contribution is 6.31. The van der Waals surface area contributed by atoms with Crippen LogP contribution < -0.4 is 10.6 Å². The van der Waals surface area contributed by atoms with Gasteiger partial charge in [0.1, 0.15) is 11.6 Å². The lowest BCUT2D eigenvalue weighted by atomic mass is 10.1. The number of halogens is 4. The largest absolute Gasteiger partial charge is 0.459 e. The molecule has 36 heavy (non-hydrogen) atoms. The summed E-state index contributed by atoms with van der Waals surface area (Å²) >= 11 is 6.03. The Morgan fingerprint density at radius 2 is 1.81 bits per heavy atom. The maximum atomic E-state index is 12.9. The van der Waals surface area contributed by atoms with Gasteiger partial charge in [-0.2, -0.15) is 13.2 Å². The first-order valence-corrected chi connectivity index (χ1v) is 11.3. The fraction of sp³-hybridized carbons (Fsp3) is 0.333. The van der Waals surface area contributed by atoms with Crippen LogP contribution in [0.25, 0.3) is 5.69 Å². The molecule has 192 valence electrons. The molecular weight excluding hydrogens is 499 g/mol. The summed E-state index contributed by atoms with van der Waals surface area (Å²) in [5.41, 5.74) is -0.797. The third-order valence-corrected chi connectivity index (χ3v) is 4.98. The second-order valence-electron chi connectivity index (χ2n) is 8.91. The maximum absolute atomic E-state index is 12.9. The van der Waals surface area contributed by atoms with Gasteiger partial charge in [-0.1, -0.05) is 47.1 Å². The number of alkyl halides is 3. The molecule has 12 heteroatoms. The number of ether oxygens (including phenoxy) is 1. The van der Waals surface area contributed by atoms with Crippen LogP contribution in [0.2, 0.25) is 5.02 Å². The predicted octanol–water partition coefficient (Wildman–Crippen LogP) is 4.42. The number of anilines is 1. The summed E-state index contributed by atoms with van der Waals surface area (Å²) in [6.45, 7) is 4.94. The van der Waals surface area contributed by atoms with Crippen molar-refractivity contribution in [3.8, 4) is 5.69 Å². The number of aromatic nitrogens is 3. The molecule has 1 atom stereocenters. The van der Waals surface area contributed by atoms with Gasteiger partial charge in [-0.05, 0) is 51.0 Å². The van der Waals surface area contributed by atoms with Crippen molar-refractivity contribution in [2.75, 3.05) is 11.9 Å². The first-order chi connectivity index (χ1) is 16.8. The normalized spacial score (nSPS) is 12.8. The quantitative estimate of drug-likeness (QED) is 0.424. The summed E-state index contributed by atoms with van der Waals surface area (Å²) in [6.07, 6.45) is -3.69. The molecule has 1 amide bonds. The van der Waals surface area contributed by atoms with E-state index in [-0.39, 0.29) is 29.4 Å². The van der Waals surface area contributed by atoms with Crippen molar-refractivity contribution in [1.82, 2.24) is 20.3 Å². The predicted molar refractivity (Wildman–Crippen MR) is 128 cm³/mol. The summed E-state index contributed by atoms with van der Waals surface area (Å²) < 4.78 is 45.2. The molecule has 0 aliphatic rings. The molecule has 3 aromatic rings. The van der Waals surface area contributed by atoms with E-state index < -0.39 is 35.4 Å². The number of carbonyl (C=O) groups excluding carboxylic acids is 2. The average Bonchev–Trinajstić information content (AvgIpc) is 3.27. The topological polar surface area (TPSA) is 98.1 Å². The lowest BCUT2D eigenvalue weighted by Crippen LogP contribution is -2.45. The second kappa shape index (κ2) is 11.1. The Morgan fingerprint density at radius 3 is 2.42 bits per heavy atom. The van der Waals surface area contributed by atoms with Crippen molar-refractivity contribution < 1.29 is 27.5 Å². The summed E-state index contributed by atoms with van der Waals surface area (Å²) in [7, 11) is 0. The molecule has 0 saturated heterocycles. The van der Waals surface area contributed by atoms with Crippen molar-refractivity contribution >= 4 is 29.2 Å². The number of benzene rings is 2. The zero-order valence-corrected chi connectivity index (χ0v) is 20.5. The fourth-order valence-electron chi connectivity index (χ4n) is 3.19. The summed E-state index contributed by atoms with van der Waals surface area (Å²) in [4.78, 5) is 25.5. The molecule has 1 heterocycles. The van der Waals surface area contributed by atoms with Crippen molar-refractivity contribution in [2.24, 2.45) is 0 Å². The van der Waals surface area contributed by atoms with Gasteiger partial charge in [0.05, 0.1) is 24.1 Å². The summed E-state index contributed by atoms with van der Waals surface area (Å²) in [5, 5.41) is 12.4. The van der Waals surface area contributed by atoms with Crippen molar-refractivity contribution in [1.29, 1.82) is 0 Å². The molecule has 2 N–H and O–H groups in total. The highest BCUT2D eigenvalue weighted by Crippen LogP contribution is 2.29. The van der Waals surface area contributed by atoms with E-state index >= 15 is 0 Å². The highest BCUT2D eigenvalue weighted by Gasteiger charge is 2.34. The zero-order chi connectivity index (χ0) is 26.5. The highest BCUT2D eigenvalue weighted by atomic mass is 35.5. The van der Waals surface area contributed by atoms with Crippen LogP contribution >= 0.6 is 11.6 Å². The molecule has 0 bridgehead atoms. The van der Waals surface area contributed by atoms with Gasteiger partial charge in [-0.3, -0.25) is 14.9 Å². The molecule has 0 fully saturated rings. The number of nitrogens with one attached hydrogen (secondary N) is 2. The van der Waals surface area contributed by atoms with Gasteiger partial charge in [-0.25, -0.2) is 4.68 Å². The number of hydrogen-bond donors (Lipinski definition) is 2. The summed E-state index contributed by atoms with van der Waals surface area (Å²) in [5.74, 6) is -1.08. The average molecular weight is 524 g/mol. The van der Waals surface area contributed by atoms with Crippen molar-refractivity contribution in [3.05, 3.63) is 71.0 Å². The third-order valence-electron chi connectivity index (χ3n) is 4.75. The van der Waals surface area contributed by atoms with E-state index in [1.807, 2.05) is 30.3 Å². The van der Waals surface area contributed by atoms with E-state index in [2.05, 4.69) is 20.9 Å². The molecule has 0 spiro atoms. The molecule has 3 rings (SSSR count). The van der Waals surface area contributed by atoms with Crippen LogP contribution in [0.3, 0.4) is 0 Å². The Balaban J connectivity index is 1.74. The van der Waals surface area contributed by atoms with E-state index in [1.165, 1.54) is 18.2 Å². The van der Waals surface area contributed by atoms with Crippen LogP contribution in [-0.4, -0.2) is 45.1 Å². The molecule has 1 aromatic heterocycles. The minimum Gasteiger partial charge on any atom is -0.459 e. The van der Waals surface area contributed by atoms with Crippen LogP contribution in [0.5, 0.6) is 0 Å². The monoisotopic (exact) mass is 523 g/mol. The van der Waals surface area contributed by atoms with Gasteiger partial charge in [-0.15, -0.1) is 5.10 Å². The molecule has 0 unspecified atom stereocenters. The van der Waals surface area contributed by atoms with E-state index in [0.717, 1.165) is 10.2 Å². The Labute approximate surface area is 210 Å². The second-order valence-corrected chi connectivity index (χ2v) is 9.35. The number of nitrogens with zero attached hydrogens (tertiary/aromatic N) is 3. The van der Waals surface area contributed by atoms with Crippen molar-refractivity contribution in [2.45, 2.75) is 45.0 Å². The van der Waals surface area contributed by atoms with Gasteiger partial charge >= 0.3 is 12.1 Å². The van der Waals surface area contributed by atoms with Crippen LogP contribution in [0, 0.1) is 0 Å². The van der Waals surface area contributed by atoms with Gasteiger partial charge in [0.15, 0.2) is 5.69 Å². The first kappa shape index (κ1) is 27.2. The van der Waals surface area contributed by atoms with E-state index in [1.54, 1.807) is 20.8 Å². The number of esters is 1. The van der Waals surface area contributed by atoms with Gasteiger partial charge in [0.2, 0.25) is 5.91 Å². The molecule has 2 aromatic carbocycles. The van der Waals surface area contributed by atoms with Crippen LogP contribution in [0.15, 0.2) is 54.7 Å². The smallest absolute Gasteiger partial charge is 0.436 e.